The minimum atomic E-state index is -0.695. The van der Waals surface area contributed by atoms with Crippen LogP contribution in [0.1, 0.15) is 26.7 Å². The number of hydrogen-bond acceptors (Lipinski definition) is 3. The highest BCUT2D eigenvalue weighted by Gasteiger charge is 2.06. The molecular formula is C10H23NO2S. The van der Waals surface area contributed by atoms with Crippen molar-refractivity contribution in [1.29, 1.82) is 0 Å². The average molecular weight is 221 g/mol. The first-order valence-electron chi connectivity index (χ1n) is 5.12. The van der Waals surface area contributed by atoms with Gasteiger partial charge in [0.2, 0.25) is 0 Å². The summed E-state index contributed by atoms with van der Waals surface area (Å²) in [5.74, 6) is 0. The van der Waals surface area contributed by atoms with E-state index >= 15 is 0 Å². The van der Waals surface area contributed by atoms with Gasteiger partial charge in [0.05, 0.1) is 0 Å². The van der Waals surface area contributed by atoms with Crippen molar-refractivity contribution in [3.8, 4) is 0 Å². The summed E-state index contributed by atoms with van der Waals surface area (Å²) in [6.45, 7) is 5.90. The van der Waals surface area contributed by atoms with Gasteiger partial charge in [-0.1, -0.05) is 6.92 Å². The Morgan fingerprint density at radius 2 is 2.00 bits per heavy atom. The topological polar surface area (TPSA) is 38.3 Å². The monoisotopic (exact) mass is 221 g/mol. The van der Waals surface area contributed by atoms with Gasteiger partial charge in [0.1, 0.15) is 0 Å². The number of rotatable bonds is 8. The molecule has 0 aliphatic heterocycles. The van der Waals surface area contributed by atoms with Crippen molar-refractivity contribution in [1.82, 2.24) is 5.32 Å². The molecule has 0 aromatic rings. The van der Waals surface area contributed by atoms with Crippen LogP contribution in [0.5, 0.6) is 0 Å². The van der Waals surface area contributed by atoms with Crippen molar-refractivity contribution in [3.05, 3.63) is 0 Å². The van der Waals surface area contributed by atoms with E-state index in [1.807, 2.05) is 6.92 Å². The predicted molar refractivity (Wildman–Crippen MR) is 62.1 cm³/mol. The standard InChI is InChI=1S/C10H23NO2S/c1-9(6-8-13-3)11-7-5-10(2)14(4)12/h9-11H,5-8H2,1-4H3. The van der Waals surface area contributed by atoms with Crippen LogP contribution < -0.4 is 5.32 Å². The lowest BCUT2D eigenvalue weighted by Gasteiger charge is -2.14. The van der Waals surface area contributed by atoms with Crippen LogP contribution in [0.25, 0.3) is 0 Å². The van der Waals surface area contributed by atoms with Crippen molar-refractivity contribution >= 4 is 10.8 Å². The molecule has 86 valence electrons. The SMILES string of the molecule is COCCC(C)NCCC(C)S(C)=O. The molecule has 4 heteroatoms. The van der Waals surface area contributed by atoms with Crippen LogP contribution in [0.4, 0.5) is 0 Å². The third kappa shape index (κ3) is 7.47. The summed E-state index contributed by atoms with van der Waals surface area (Å²) in [6.07, 6.45) is 3.76. The van der Waals surface area contributed by atoms with Gasteiger partial charge in [-0.15, -0.1) is 0 Å². The highest BCUT2D eigenvalue weighted by molar-refractivity contribution is 7.84. The number of nitrogens with one attached hydrogen (secondary N) is 1. The maximum atomic E-state index is 11.1. The van der Waals surface area contributed by atoms with E-state index in [1.165, 1.54) is 0 Å². The van der Waals surface area contributed by atoms with Crippen LogP contribution in [0.2, 0.25) is 0 Å². The zero-order valence-corrected chi connectivity index (χ0v) is 10.5. The van der Waals surface area contributed by atoms with Gasteiger partial charge in [-0.2, -0.15) is 0 Å². The minimum absolute atomic E-state index is 0.289. The Balaban J connectivity index is 3.39. The summed E-state index contributed by atoms with van der Waals surface area (Å²) in [5.41, 5.74) is 0. The molecule has 0 bridgehead atoms. The molecule has 14 heavy (non-hydrogen) atoms. The Kier molecular flexibility index (Phi) is 8.43. The molecule has 1 N–H and O–H groups in total. The normalized spacial score (nSPS) is 17.7. The Morgan fingerprint density at radius 3 is 2.50 bits per heavy atom. The number of ether oxygens (including phenoxy) is 1. The van der Waals surface area contributed by atoms with Crippen molar-refractivity contribution < 1.29 is 8.95 Å². The van der Waals surface area contributed by atoms with Crippen LogP contribution in [-0.4, -0.2) is 42.0 Å². The second-order valence-electron chi connectivity index (χ2n) is 3.73. The van der Waals surface area contributed by atoms with Crippen LogP contribution in [0.15, 0.2) is 0 Å². The van der Waals surface area contributed by atoms with E-state index in [2.05, 4.69) is 12.2 Å². The van der Waals surface area contributed by atoms with Gasteiger partial charge >= 0.3 is 0 Å². The molecule has 0 rings (SSSR count). The van der Waals surface area contributed by atoms with Gasteiger partial charge < -0.3 is 10.1 Å². The summed E-state index contributed by atoms with van der Waals surface area (Å²) in [4.78, 5) is 0. The summed E-state index contributed by atoms with van der Waals surface area (Å²) in [5, 5.41) is 3.68. The molecule has 3 unspecified atom stereocenters. The first-order valence-corrected chi connectivity index (χ1v) is 6.74. The quantitative estimate of drug-likeness (QED) is 0.668. The fraction of sp³-hybridized carbons (Fsp3) is 1.00. The molecule has 3 nitrogen and oxygen atoms in total. The molecule has 0 radical (unpaired) electrons. The van der Waals surface area contributed by atoms with Gasteiger partial charge in [-0.25, -0.2) is 0 Å². The van der Waals surface area contributed by atoms with Crippen molar-refractivity contribution in [2.24, 2.45) is 0 Å². The Morgan fingerprint density at radius 1 is 1.36 bits per heavy atom. The Hall–Kier alpha value is 0.0700. The van der Waals surface area contributed by atoms with Crippen molar-refractivity contribution in [2.45, 2.75) is 38.0 Å². The molecule has 0 spiro atoms. The first kappa shape index (κ1) is 14.1. The second-order valence-corrected chi connectivity index (χ2v) is 5.54. The lowest BCUT2D eigenvalue weighted by molar-refractivity contribution is 0.185. The maximum absolute atomic E-state index is 11.1. The molecule has 3 atom stereocenters. The molecule has 0 fully saturated rings. The highest BCUT2D eigenvalue weighted by atomic mass is 32.2. The molecule has 0 aliphatic carbocycles. The van der Waals surface area contributed by atoms with E-state index in [4.69, 9.17) is 4.74 Å². The van der Waals surface area contributed by atoms with Crippen LogP contribution in [0, 0.1) is 0 Å². The Labute approximate surface area is 90.1 Å². The summed E-state index contributed by atoms with van der Waals surface area (Å²) < 4.78 is 16.0. The van der Waals surface area contributed by atoms with Gasteiger partial charge in [0.15, 0.2) is 0 Å². The zero-order chi connectivity index (χ0) is 11.0. The summed E-state index contributed by atoms with van der Waals surface area (Å²) in [7, 11) is 1.02. The van der Waals surface area contributed by atoms with E-state index in [0.717, 1.165) is 26.0 Å². The molecule has 0 saturated heterocycles. The smallest absolute Gasteiger partial charge is 0.0476 e. The summed E-state index contributed by atoms with van der Waals surface area (Å²) >= 11 is 0. The van der Waals surface area contributed by atoms with Gasteiger partial charge in [-0.05, 0) is 26.3 Å². The number of methoxy groups -OCH3 is 1. The zero-order valence-electron chi connectivity index (χ0n) is 9.71. The molecule has 0 aliphatic rings. The molecule has 0 aromatic carbocycles. The first-order chi connectivity index (χ1) is 6.57. The fourth-order valence-corrected chi connectivity index (χ4v) is 1.55. The van der Waals surface area contributed by atoms with Crippen LogP contribution >= 0.6 is 0 Å². The van der Waals surface area contributed by atoms with E-state index in [1.54, 1.807) is 13.4 Å². The van der Waals surface area contributed by atoms with Gasteiger partial charge in [0.25, 0.3) is 0 Å². The van der Waals surface area contributed by atoms with E-state index in [0.29, 0.717) is 6.04 Å². The van der Waals surface area contributed by atoms with E-state index in [-0.39, 0.29) is 5.25 Å². The third-order valence-corrected chi connectivity index (χ3v) is 3.73. The Bertz CT molecular complexity index is 164. The average Bonchev–Trinajstić information content (AvgIpc) is 2.14. The van der Waals surface area contributed by atoms with Crippen LogP contribution in [-0.2, 0) is 15.5 Å². The van der Waals surface area contributed by atoms with E-state index in [9.17, 15) is 4.21 Å². The molecule has 0 aromatic heterocycles. The lowest BCUT2D eigenvalue weighted by atomic mass is 10.2. The summed E-state index contributed by atoms with van der Waals surface area (Å²) in [6, 6.07) is 0.479. The molecular weight excluding hydrogens is 198 g/mol. The molecule has 0 saturated carbocycles. The van der Waals surface area contributed by atoms with Gasteiger partial charge in [0, 0.05) is 42.1 Å². The lowest BCUT2D eigenvalue weighted by Crippen LogP contribution is -2.30. The molecule has 0 heterocycles. The molecule has 0 amide bonds. The van der Waals surface area contributed by atoms with Gasteiger partial charge in [-0.3, -0.25) is 4.21 Å². The maximum Gasteiger partial charge on any atom is 0.0476 e. The van der Waals surface area contributed by atoms with E-state index < -0.39 is 10.8 Å². The highest BCUT2D eigenvalue weighted by Crippen LogP contribution is 1.98. The number of hydrogen-bond donors (Lipinski definition) is 1. The minimum Gasteiger partial charge on any atom is -0.385 e. The largest absolute Gasteiger partial charge is 0.385 e. The predicted octanol–water partition coefficient (Wildman–Crippen LogP) is 1.16. The van der Waals surface area contributed by atoms with Crippen molar-refractivity contribution in [3.63, 3.8) is 0 Å². The second kappa shape index (κ2) is 8.38. The fourth-order valence-electron chi connectivity index (χ4n) is 1.10. The van der Waals surface area contributed by atoms with Crippen molar-refractivity contribution in [2.75, 3.05) is 26.5 Å². The van der Waals surface area contributed by atoms with Crippen LogP contribution in [0.3, 0.4) is 0 Å². The third-order valence-electron chi connectivity index (χ3n) is 2.37.